The topological polar surface area (TPSA) is 29.3 Å². The third-order valence-corrected chi connectivity index (χ3v) is 4.57. The van der Waals surface area contributed by atoms with E-state index in [-0.39, 0.29) is 0 Å². The van der Waals surface area contributed by atoms with E-state index >= 15 is 0 Å². The summed E-state index contributed by atoms with van der Waals surface area (Å²) in [5, 5.41) is 0. The first-order valence-corrected chi connectivity index (χ1v) is 6.77. The van der Waals surface area contributed by atoms with E-state index in [9.17, 15) is 0 Å². The number of nitrogens with zero attached hydrogens (tertiary/aromatic N) is 1. The van der Waals surface area contributed by atoms with E-state index in [1.807, 2.05) is 0 Å². The van der Waals surface area contributed by atoms with Crippen LogP contribution in [0.15, 0.2) is 18.2 Å². The highest BCUT2D eigenvalue weighted by molar-refractivity contribution is 5.57. The molecule has 0 amide bonds. The molecule has 1 aromatic rings. The van der Waals surface area contributed by atoms with E-state index in [1.165, 1.54) is 55.6 Å². The molecule has 1 saturated heterocycles. The van der Waals surface area contributed by atoms with Crippen LogP contribution >= 0.6 is 0 Å². The molecule has 1 heterocycles. The predicted molar refractivity (Wildman–Crippen MR) is 72.2 cm³/mol. The Morgan fingerprint density at radius 3 is 2.59 bits per heavy atom. The van der Waals surface area contributed by atoms with Gasteiger partial charge >= 0.3 is 0 Å². The molecule has 2 aliphatic rings. The molecule has 2 N–H and O–H groups in total. The van der Waals surface area contributed by atoms with Gasteiger partial charge in [-0.05, 0) is 37.0 Å². The Hall–Kier alpha value is -1.02. The minimum absolute atomic E-state index is 0.645. The molecular weight excluding hydrogens is 208 g/mol. The molecule has 0 unspecified atom stereocenters. The Balaban J connectivity index is 1.77. The lowest BCUT2D eigenvalue weighted by molar-refractivity contribution is 0.221. The number of anilines is 1. The average molecular weight is 230 g/mol. The molecule has 3 rings (SSSR count). The largest absolute Gasteiger partial charge is 0.370 e. The van der Waals surface area contributed by atoms with Gasteiger partial charge in [-0.25, -0.2) is 0 Å². The molecule has 1 aliphatic carbocycles. The molecule has 0 atom stereocenters. The van der Waals surface area contributed by atoms with Gasteiger partial charge < -0.3 is 10.6 Å². The van der Waals surface area contributed by atoms with Gasteiger partial charge in [0.05, 0.1) is 0 Å². The van der Waals surface area contributed by atoms with E-state index in [2.05, 4.69) is 30.0 Å². The van der Waals surface area contributed by atoms with Gasteiger partial charge in [0.1, 0.15) is 0 Å². The number of benzene rings is 1. The maximum Gasteiger partial charge on any atom is 0.0399 e. The van der Waals surface area contributed by atoms with E-state index in [0.29, 0.717) is 12.0 Å². The highest BCUT2D eigenvalue weighted by Gasteiger charge is 2.44. The Bertz CT molecular complexity index is 411. The van der Waals surface area contributed by atoms with Crippen molar-refractivity contribution in [1.29, 1.82) is 0 Å². The zero-order chi connectivity index (χ0) is 11.9. The van der Waals surface area contributed by atoms with Crippen LogP contribution in [0.5, 0.6) is 0 Å². The van der Waals surface area contributed by atoms with Gasteiger partial charge in [0.2, 0.25) is 0 Å². The lowest BCUT2D eigenvalue weighted by atomic mass is 9.77. The predicted octanol–water partition coefficient (Wildman–Crippen LogP) is 2.83. The highest BCUT2D eigenvalue weighted by Crippen LogP contribution is 2.47. The quantitative estimate of drug-likeness (QED) is 0.846. The van der Waals surface area contributed by atoms with Crippen molar-refractivity contribution < 1.29 is 0 Å². The van der Waals surface area contributed by atoms with Crippen molar-refractivity contribution in [3.8, 4) is 0 Å². The van der Waals surface area contributed by atoms with Crippen molar-refractivity contribution in [2.75, 3.05) is 18.0 Å². The number of nitrogens with two attached hydrogens (primary N) is 1. The second kappa shape index (κ2) is 4.02. The zero-order valence-corrected chi connectivity index (χ0v) is 10.7. The molecule has 17 heavy (non-hydrogen) atoms. The summed E-state index contributed by atoms with van der Waals surface area (Å²) in [4.78, 5) is 2.54. The molecule has 0 radical (unpaired) electrons. The van der Waals surface area contributed by atoms with Gasteiger partial charge in [-0.3, -0.25) is 0 Å². The summed E-state index contributed by atoms with van der Waals surface area (Å²) in [5.74, 6) is 0. The third-order valence-electron chi connectivity index (χ3n) is 4.57. The Morgan fingerprint density at radius 1 is 1.24 bits per heavy atom. The standard InChI is InChI=1S/C15H22N2/c1-12-4-5-13(9-16)8-14(12)17-10-15(11-17)6-2-3-7-15/h4-5,8H,2-3,6-7,9-11,16H2,1H3. The molecule has 2 fully saturated rings. The molecule has 1 spiro atoms. The van der Waals surface area contributed by atoms with Gasteiger partial charge in [-0.15, -0.1) is 0 Å². The van der Waals surface area contributed by atoms with Gasteiger partial charge in [-0.1, -0.05) is 25.0 Å². The van der Waals surface area contributed by atoms with Crippen molar-refractivity contribution >= 4 is 5.69 Å². The minimum atomic E-state index is 0.645. The second-order valence-electron chi connectivity index (χ2n) is 5.89. The molecular formula is C15H22N2. The van der Waals surface area contributed by atoms with Crippen LogP contribution in [0.3, 0.4) is 0 Å². The minimum Gasteiger partial charge on any atom is -0.370 e. The third kappa shape index (κ3) is 1.85. The number of hydrogen-bond acceptors (Lipinski definition) is 2. The van der Waals surface area contributed by atoms with Crippen LogP contribution in [-0.4, -0.2) is 13.1 Å². The SMILES string of the molecule is Cc1ccc(CN)cc1N1CC2(CCCC2)C1. The van der Waals surface area contributed by atoms with Crippen molar-refractivity contribution in [3.05, 3.63) is 29.3 Å². The number of hydrogen-bond donors (Lipinski definition) is 1. The van der Waals surface area contributed by atoms with Crippen LogP contribution in [-0.2, 0) is 6.54 Å². The Morgan fingerprint density at radius 2 is 1.94 bits per heavy atom. The first-order valence-electron chi connectivity index (χ1n) is 6.77. The summed E-state index contributed by atoms with van der Waals surface area (Å²) < 4.78 is 0. The first kappa shape index (κ1) is 11.1. The fourth-order valence-electron chi connectivity index (χ4n) is 3.50. The van der Waals surface area contributed by atoms with Crippen LogP contribution < -0.4 is 10.6 Å². The number of rotatable bonds is 2. The van der Waals surface area contributed by atoms with Gasteiger partial charge in [0.15, 0.2) is 0 Å². The smallest absolute Gasteiger partial charge is 0.0399 e. The summed E-state index contributed by atoms with van der Waals surface area (Å²) in [6.45, 7) is 5.38. The highest BCUT2D eigenvalue weighted by atomic mass is 15.2. The fourth-order valence-corrected chi connectivity index (χ4v) is 3.50. The summed E-state index contributed by atoms with van der Waals surface area (Å²) >= 11 is 0. The van der Waals surface area contributed by atoms with Crippen LogP contribution in [0.4, 0.5) is 5.69 Å². The molecule has 92 valence electrons. The average Bonchev–Trinajstić information content (AvgIpc) is 2.77. The van der Waals surface area contributed by atoms with Crippen molar-refractivity contribution in [2.24, 2.45) is 11.1 Å². The van der Waals surface area contributed by atoms with Crippen molar-refractivity contribution in [2.45, 2.75) is 39.2 Å². The summed E-state index contributed by atoms with van der Waals surface area (Å²) in [6, 6.07) is 6.62. The van der Waals surface area contributed by atoms with E-state index in [1.54, 1.807) is 0 Å². The molecule has 1 aromatic carbocycles. The van der Waals surface area contributed by atoms with Crippen LogP contribution in [0.2, 0.25) is 0 Å². The van der Waals surface area contributed by atoms with E-state index < -0.39 is 0 Å². The van der Waals surface area contributed by atoms with Gasteiger partial charge in [0, 0.05) is 30.7 Å². The van der Waals surface area contributed by atoms with Crippen molar-refractivity contribution in [3.63, 3.8) is 0 Å². The molecule has 1 saturated carbocycles. The number of aryl methyl sites for hydroxylation is 1. The maximum absolute atomic E-state index is 5.73. The van der Waals surface area contributed by atoms with Crippen LogP contribution in [0.25, 0.3) is 0 Å². The van der Waals surface area contributed by atoms with Crippen LogP contribution in [0, 0.1) is 12.3 Å². The molecule has 0 aromatic heterocycles. The van der Waals surface area contributed by atoms with Gasteiger partial charge in [-0.2, -0.15) is 0 Å². The Kier molecular flexibility index (Phi) is 2.62. The zero-order valence-electron chi connectivity index (χ0n) is 10.7. The molecule has 2 heteroatoms. The fraction of sp³-hybridized carbons (Fsp3) is 0.600. The van der Waals surface area contributed by atoms with E-state index in [0.717, 1.165) is 0 Å². The first-order chi connectivity index (χ1) is 8.22. The summed E-state index contributed by atoms with van der Waals surface area (Å²) in [6.07, 6.45) is 5.77. The van der Waals surface area contributed by atoms with Crippen LogP contribution in [0.1, 0.15) is 36.8 Å². The van der Waals surface area contributed by atoms with Crippen molar-refractivity contribution in [1.82, 2.24) is 0 Å². The summed E-state index contributed by atoms with van der Waals surface area (Å²) in [5.41, 5.74) is 10.4. The monoisotopic (exact) mass is 230 g/mol. The lowest BCUT2D eigenvalue weighted by Gasteiger charge is -2.50. The van der Waals surface area contributed by atoms with Gasteiger partial charge in [0.25, 0.3) is 0 Å². The summed E-state index contributed by atoms with van der Waals surface area (Å²) in [7, 11) is 0. The lowest BCUT2D eigenvalue weighted by Crippen LogP contribution is -2.55. The maximum atomic E-state index is 5.73. The second-order valence-corrected chi connectivity index (χ2v) is 5.89. The Labute approximate surface area is 104 Å². The molecule has 0 bridgehead atoms. The molecule has 1 aliphatic heterocycles. The molecule has 2 nitrogen and oxygen atoms in total. The van der Waals surface area contributed by atoms with E-state index in [4.69, 9.17) is 5.73 Å². The normalized spacial score (nSPS) is 21.9.